The molecule has 2 atom stereocenters. The molecule has 0 radical (unpaired) electrons. The minimum absolute atomic E-state index is 0.0890. The first-order chi connectivity index (χ1) is 15.6. The van der Waals surface area contributed by atoms with Gasteiger partial charge in [-0.15, -0.1) is 0 Å². The standard InChI is InChI=1S/C20H15ClF2N4O5S/c21-12-1-2-16(18-17(12)19(28)27(30)20(29)25-18)33(31,32)10-6-14(23)11-8-24-26(15(11)7-10)4-3-9-5-13(9)22/h1-2,6-9,13,30H,3-5H2,(H,25,29)/t9-,13-/m0/s1. The summed E-state index contributed by atoms with van der Waals surface area (Å²) in [6.45, 7) is 0.283. The number of fused-ring (bicyclic) bond motifs is 2. The van der Waals surface area contributed by atoms with E-state index in [2.05, 4.69) is 10.1 Å². The second-order valence-corrected chi connectivity index (χ2v) is 10.2. The lowest BCUT2D eigenvalue weighted by Crippen LogP contribution is -2.33. The van der Waals surface area contributed by atoms with Gasteiger partial charge in [0.25, 0.3) is 5.56 Å². The summed E-state index contributed by atoms with van der Waals surface area (Å²) >= 11 is 6.00. The largest absolute Gasteiger partial charge is 0.421 e. The molecule has 4 aromatic rings. The number of benzene rings is 2. The van der Waals surface area contributed by atoms with Crippen molar-refractivity contribution in [3.05, 3.63) is 62.1 Å². The second-order valence-electron chi connectivity index (χ2n) is 7.85. The summed E-state index contributed by atoms with van der Waals surface area (Å²) in [5.74, 6) is -0.926. The van der Waals surface area contributed by atoms with Gasteiger partial charge in [0.2, 0.25) is 9.84 Å². The third-order valence-corrected chi connectivity index (χ3v) is 7.87. The lowest BCUT2D eigenvalue weighted by Gasteiger charge is -2.11. The van der Waals surface area contributed by atoms with E-state index in [-0.39, 0.29) is 33.1 Å². The number of aromatic nitrogens is 4. The highest BCUT2D eigenvalue weighted by atomic mass is 35.5. The molecule has 1 saturated carbocycles. The van der Waals surface area contributed by atoms with Gasteiger partial charge in [0, 0.05) is 6.54 Å². The van der Waals surface area contributed by atoms with Crippen molar-refractivity contribution in [3.63, 3.8) is 0 Å². The van der Waals surface area contributed by atoms with E-state index >= 15 is 0 Å². The molecule has 0 saturated heterocycles. The molecular formula is C20H15ClF2N4O5S. The van der Waals surface area contributed by atoms with Gasteiger partial charge in [0.15, 0.2) is 0 Å². The van der Waals surface area contributed by atoms with E-state index in [1.54, 1.807) is 0 Å². The van der Waals surface area contributed by atoms with E-state index < -0.39 is 53.8 Å². The normalized spacial score (nSPS) is 18.3. The highest BCUT2D eigenvalue weighted by Gasteiger charge is 2.36. The fourth-order valence-corrected chi connectivity index (χ4v) is 5.53. The number of hydrogen-bond acceptors (Lipinski definition) is 6. The number of nitrogens with one attached hydrogen (secondary N) is 1. The van der Waals surface area contributed by atoms with Gasteiger partial charge in [-0.3, -0.25) is 9.48 Å². The average Bonchev–Trinajstić information content (AvgIpc) is 3.31. The molecule has 5 rings (SSSR count). The van der Waals surface area contributed by atoms with Gasteiger partial charge in [-0.25, -0.2) is 22.0 Å². The third-order valence-electron chi connectivity index (χ3n) is 5.78. The van der Waals surface area contributed by atoms with Gasteiger partial charge in [-0.1, -0.05) is 16.3 Å². The molecule has 2 aromatic heterocycles. The van der Waals surface area contributed by atoms with Crippen LogP contribution in [0.2, 0.25) is 5.02 Å². The van der Waals surface area contributed by atoms with Crippen molar-refractivity contribution in [1.82, 2.24) is 19.5 Å². The fraction of sp³-hybridized carbons (Fsp3) is 0.250. The van der Waals surface area contributed by atoms with Crippen LogP contribution in [0.3, 0.4) is 0 Å². The smallest absolute Gasteiger partial charge is 0.362 e. The van der Waals surface area contributed by atoms with Gasteiger partial charge >= 0.3 is 5.69 Å². The predicted octanol–water partition coefficient (Wildman–Crippen LogP) is 2.65. The van der Waals surface area contributed by atoms with Crippen LogP contribution in [0.25, 0.3) is 21.8 Å². The Bertz CT molecular complexity index is 1680. The first kappa shape index (κ1) is 21.6. The number of H-pyrrole nitrogens is 1. The van der Waals surface area contributed by atoms with Crippen LogP contribution in [-0.4, -0.2) is 39.3 Å². The zero-order valence-corrected chi connectivity index (χ0v) is 18.2. The Hall–Kier alpha value is -3.25. The molecule has 13 heteroatoms. The van der Waals surface area contributed by atoms with Crippen LogP contribution in [-0.2, 0) is 16.4 Å². The monoisotopic (exact) mass is 496 g/mol. The van der Waals surface area contributed by atoms with E-state index in [1.165, 1.54) is 16.9 Å². The quantitative estimate of drug-likeness (QED) is 0.409. The van der Waals surface area contributed by atoms with Crippen LogP contribution in [0, 0.1) is 11.7 Å². The summed E-state index contributed by atoms with van der Waals surface area (Å²) < 4.78 is 56.0. The van der Waals surface area contributed by atoms with E-state index in [0.717, 1.165) is 18.2 Å². The molecule has 0 aliphatic heterocycles. The van der Waals surface area contributed by atoms with E-state index in [1.807, 2.05) is 0 Å². The van der Waals surface area contributed by atoms with Gasteiger partial charge in [-0.2, -0.15) is 5.10 Å². The Morgan fingerprint density at radius 2 is 2.00 bits per heavy atom. The maximum Gasteiger partial charge on any atom is 0.362 e. The molecule has 2 N–H and O–H groups in total. The molecule has 2 aromatic carbocycles. The van der Waals surface area contributed by atoms with Crippen molar-refractivity contribution in [3.8, 4) is 0 Å². The Morgan fingerprint density at radius 1 is 1.27 bits per heavy atom. The first-order valence-corrected chi connectivity index (χ1v) is 11.7. The molecule has 9 nitrogen and oxygen atoms in total. The molecule has 0 bridgehead atoms. The van der Waals surface area contributed by atoms with Crippen molar-refractivity contribution in [2.24, 2.45) is 5.92 Å². The molecule has 0 spiro atoms. The van der Waals surface area contributed by atoms with Crippen LogP contribution in [0.15, 0.2) is 49.8 Å². The number of halogens is 3. The highest BCUT2D eigenvalue weighted by Crippen LogP contribution is 2.37. The number of sulfone groups is 1. The number of aryl methyl sites for hydroxylation is 1. The summed E-state index contributed by atoms with van der Waals surface area (Å²) in [4.78, 5) is 25.4. The molecule has 2 heterocycles. The minimum Gasteiger partial charge on any atom is -0.421 e. The van der Waals surface area contributed by atoms with Gasteiger partial charge < -0.3 is 10.2 Å². The Balaban J connectivity index is 1.68. The zero-order chi connectivity index (χ0) is 23.7. The maximum absolute atomic E-state index is 14.8. The minimum atomic E-state index is -4.46. The Morgan fingerprint density at radius 3 is 2.70 bits per heavy atom. The van der Waals surface area contributed by atoms with Crippen LogP contribution < -0.4 is 11.2 Å². The second kappa shape index (κ2) is 7.39. The number of nitrogens with zero attached hydrogens (tertiary/aromatic N) is 3. The number of aromatic amines is 1. The lowest BCUT2D eigenvalue weighted by atomic mass is 10.2. The summed E-state index contributed by atoms with van der Waals surface area (Å²) in [7, 11) is -4.46. The molecule has 172 valence electrons. The summed E-state index contributed by atoms with van der Waals surface area (Å²) in [5, 5.41) is 13.2. The summed E-state index contributed by atoms with van der Waals surface area (Å²) in [6.07, 6.45) is 1.35. The topological polar surface area (TPSA) is 127 Å². The lowest BCUT2D eigenvalue weighted by molar-refractivity contribution is 0.162. The van der Waals surface area contributed by atoms with Crippen LogP contribution in [0.5, 0.6) is 0 Å². The Kier molecular flexibility index (Phi) is 4.83. The van der Waals surface area contributed by atoms with Crippen LogP contribution >= 0.6 is 11.6 Å². The highest BCUT2D eigenvalue weighted by molar-refractivity contribution is 7.91. The maximum atomic E-state index is 14.8. The number of hydrogen-bond donors (Lipinski definition) is 2. The third kappa shape index (κ3) is 3.40. The zero-order valence-electron chi connectivity index (χ0n) is 16.6. The molecule has 0 unspecified atom stereocenters. The molecule has 0 amide bonds. The van der Waals surface area contributed by atoms with E-state index in [0.29, 0.717) is 12.8 Å². The van der Waals surface area contributed by atoms with Crippen molar-refractivity contribution in [2.75, 3.05) is 0 Å². The predicted molar refractivity (Wildman–Crippen MR) is 114 cm³/mol. The van der Waals surface area contributed by atoms with Gasteiger partial charge in [0.1, 0.15) is 12.0 Å². The van der Waals surface area contributed by atoms with Crippen molar-refractivity contribution in [2.45, 2.75) is 35.3 Å². The number of rotatable bonds is 5. The fourth-order valence-electron chi connectivity index (χ4n) is 3.84. The van der Waals surface area contributed by atoms with Gasteiger partial charge in [-0.05, 0) is 43.0 Å². The molecular weight excluding hydrogens is 482 g/mol. The van der Waals surface area contributed by atoms with E-state index in [4.69, 9.17) is 11.6 Å². The number of alkyl halides is 1. The molecule has 1 aliphatic carbocycles. The average molecular weight is 497 g/mol. The molecule has 33 heavy (non-hydrogen) atoms. The first-order valence-electron chi connectivity index (χ1n) is 9.80. The van der Waals surface area contributed by atoms with Crippen LogP contribution in [0.1, 0.15) is 12.8 Å². The van der Waals surface area contributed by atoms with Crippen LogP contribution in [0.4, 0.5) is 8.78 Å². The molecule has 1 fully saturated rings. The molecule has 1 aliphatic rings. The van der Waals surface area contributed by atoms with Crippen molar-refractivity contribution < 1.29 is 22.4 Å². The Labute approximate surface area is 188 Å². The van der Waals surface area contributed by atoms with E-state index in [9.17, 15) is 32.0 Å². The van der Waals surface area contributed by atoms with Crippen molar-refractivity contribution >= 4 is 43.2 Å². The van der Waals surface area contributed by atoms with Crippen molar-refractivity contribution in [1.29, 1.82) is 0 Å². The van der Waals surface area contributed by atoms with Gasteiger partial charge in [0.05, 0.1) is 42.8 Å². The summed E-state index contributed by atoms with van der Waals surface area (Å²) in [5.41, 5.74) is -2.69. The summed E-state index contributed by atoms with van der Waals surface area (Å²) in [6, 6.07) is 4.24. The SMILES string of the molecule is O=c1[nH]c2c(S(=O)(=O)c3cc(F)c4cnn(CC[C@H]5C[C@@H]5F)c4c3)ccc(Cl)c2c(=O)n1O.